The lowest BCUT2D eigenvalue weighted by Crippen LogP contribution is -2.02. The second-order valence-corrected chi connectivity index (χ2v) is 4.32. The van der Waals surface area contributed by atoms with Gasteiger partial charge in [0.2, 0.25) is 18.6 Å². The van der Waals surface area contributed by atoms with Gasteiger partial charge in [0.1, 0.15) is 0 Å². The molecule has 1 aromatic carbocycles. The maximum Gasteiger partial charge on any atom is 0.231 e. The summed E-state index contributed by atoms with van der Waals surface area (Å²) in [6.07, 6.45) is 2.15. The molecule has 0 unspecified atom stereocenters. The average Bonchev–Trinajstić information content (AvgIpc) is 3.04. The molecule has 6 heteroatoms. The van der Waals surface area contributed by atoms with Gasteiger partial charge in [-0.05, 0) is 24.1 Å². The Labute approximate surface area is 110 Å². The molecule has 1 aliphatic heterocycles. The van der Waals surface area contributed by atoms with Crippen molar-refractivity contribution in [3.8, 4) is 11.5 Å². The molecule has 0 aliphatic carbocycles. The van der Waals surface area contributed by atoms with Crippen LogP contribution in [0.15, 0.2) is 22.6 Å². The first-order valence-corrected chi connectivity index (χ1v) is 6.25. The molecule has 2 aromatic rings. The summed E-state index contributed by atoms with van der Waals surface area (Å²) < 4.78 is 16.1. The van der Waals surface area contributed by atoms with E-state index in [1.54, 1.807) is 0 Å². The molecule has 0 bridgehead atoms. The Balaban J connectivity index is 1.62. The maximum absolute atomic E-state index is 5.48. The number of nitrogens with zero attached hydrogens (tertiary/aromatic N) is 2. The molecule has 1 aromatic heterocycles. The molecule has 3 rings (SSSR count). The highest BCUT2D eigenvalue weighted by atomic mass is 16.7. The molecule has 0 saturated heterocycles. The topological polar surface area (TPSA) is 83.4 Å². The van der Waals surface area contributed by atoms with E-state index in [1.807, 2.05) is 18.2 Å². The first kappa shape index (κ1) is 12.0. The minimum absolute atomic E-state index is 0.297. The van der Waals surface area contributed by atoms with Gasteiger partial charge in [-0.25, -0.2) is 0 Å². The molecule has 0 atom stereocenters. The monoisotopic (exact) mass is 261 g/mol. The molecule has 2 heterocycles. The molecular weight excluding hydrogens is 246 g/mol. The van der Waals surface area contributed by atoms with Crippen molar-refractivity contribution in [3.05, 3.63) is 35.5 Å². The number of ether oxygens (including phenoxy) is 2. The zero-order valence-corrected chi connectivity index (χ0v) is 10.5. The summed E-state index contributed by atoms with van der Waals surface area (Å²) in [6, 6.07) is 5.93. The third kappa shape index (κ3) is 2.68. The lowest BCUT2D eigenvalue weighted by Gasteiger charge is -2.01. The fraction of sp³-hybridized carbons (Fsp3) is 0.385. The molecule has 0 amide bonds. The molecule has 1 aliphatic rings. The maximum atomic E-state index is 5.48. The Morgan fingerprint density at radius 1 is 1.00 bits per heavy atom. The van der Waals surface area contributed by atoms with E-state index in [0.29, 0.717) is 38.0 Å². The second-order valence-electron chi connectivity index (χ2n) is 4.32. The highest BCUT2D eigenvalue weighted by molar-refractivity contribution is 5.44. The zero-order valence-electron chi connectivity index (χ0n) is 10.5. The SMILES string of the molecule is NCCc1nnc(CCc2ccc3c(c2)OCO3)o1. The fourth-order valence-electron chi connectivity index (χ4n) is 1.96. The van der Waals surface area contributed by atoms with Gasteiger partial charge in [-0.2, -0.15) is 0 Å². The molecule has 6 nitrogen and oxygen atoms in total. The first-order valence-electron chi connectivity index (χ1n) is 6.25. The minimum Gasteiger partial charge on any atom is -0.454 e. The van der Waals surface area contributed by atoms with Crippen LogP contribution in [0.5, 0.6) is 11.5 Å². The van der Waals surface area contributed by atoms with E-state index in [-0.39, 0.29) is 0 Å². The molecule has 19 heavy (non-hydrogen) atoms. The molecule has 100 valence electrons. The van der Waals surface area contributed by atoms with Crippen LogP contribution in [0, 0.1) is 0 Å². The van der Waals surface area contributed by atoms with Crippen LogP contribution in [0.3, 0.4) is 0 Å². The average molecular weight is 261 g/mol. The van der Waals surface area contributed by atoms with Crippen LogP contribution in [0.2, 0.25) is 0 Å². The quantitative estimate of drug-likeness (QED) is 0.867. The van der Waals surface area contributed by atoms with Gasteiger partial charge in [-0.1, -0.05) is 6.07 Å². The number of hydrogen-bond acceptors (Lipinski definition) is 6. The predicted molar refractivity (Wildman–Crippen MR) is 67.0 cm³/mol. The van der Waals surface area contributed by atoms with Gasteiger partial charge in [0.25, 0.3) is 0 Å². The first-order chi connectivity index (χ1) is 9.35. The number of nitrogens with two attached hydrogens (primary N) is 1. The predicted octanol–water partition coefficient (Wildman–Crippen LogP) is 1.08. The summed E-state index contributed by atoms with van der Waals surface area (Å²) in [4.78, 5) is 0. The van der Waals surface area contributed by atoms with Gasteiger partial charge < -0.3 is 19.6 Å². The Morgan fingerprint density at radius 2 is 1.79 bits per heavy atom. The normalized spacial score (nSPS) is 12.9. The zero-order chi connectivity index (χ0) is 13.1. The summed E-state index contributed by atoms with van der Waals surface area (Å²) in [5.74, 6) is 2.84. The summed E-state index contributed by atoms with van der Waals surface area (Å²) in [7, 11) is 0. The van der Waals surface area contributed by atoms with Crippen LogP contribution in [-0.2, 0) is 19.3 Å². The molecule has 0 fully saturated rings. The second kappa shape index (κ2) is 5.27. The van der Waals surface area contributed by atoms with E-state index in [9.17, 15) is 0 Å². The molecule has 0 radical (unpaired) electrons. The standard InChI is InChI=1S/C13H15N3O3/c14-6-5-13-16-15-12(19-13)4-2-9-1-3-10-11(7-9)18-8-17-10/h1,3,7H,2,4-6,8,14H2. The van der Waals surface area contributed by atoms with Gasteiger partial charge >= 0.3 is 0 Å². The van der Waals surface area contributed by atoms with Crippen molar-refractivity contribution in [2.45, 2.75) is 19.3 Å². The Bertz CT molecular complexity index is 568. The van der Waals surface area contributed by atoms with Gasteiger partial charge in [0, 0.05) is 19.4 Å². The van der Waals surface area contributed by atoms with Crippen molar-refractivity contribution in [1.29, 1.82) is 0 Å². The number of benzene rings is 1. The van der Waals surface area contributed by atoms with E-state index in [1.165, 1.54) is 0 Å². The van der Waals surface area contributed by atoms with Crippen molar-refractivity contribution >= 4 is 0 Å². The van der Waals surface area contributed by atoms with Crippen LogP contribution in [-0.4, -0.2) is 23.5 Å². The van der Waals surface area contributed by atoms with Crippen LogP contribution in [0.1, 0.15) is 17.3 Å². The van der Waals surface area contributed by atoms with E-state index in [4.69, 9.17) is 19.6 Å². The van der Waals surface area contributed by atoms with E-state index in [2.05, 4.69) is 10.2 Å². The number of aromatic nitrogens is 2. The Kier molecular flexibility index (Phi) is 3.33. The third-order valence-electron chi connectivity index (χ3n) is 2.93. The Hall–Kier alpha value is -2.08. The smallest absolute Gasteiger partial charge is 0.231 e. The number of aryl methyl sites for hydroxylation is 2. The van der Waals surface area contributed by atoms with Crippen LogP contribution in [0.25, 0.3) is 0 Å². The molecule has 0 spiro atoms. The van der Waals surface area contributed by atoms with Gasteiger partial charge in [0.15, 0.2) is 11.5 Å². The van der Waals surface area contributed by atoms with Crippen LogP contribution in [0.4, 0.5) is 0 Å². The van der Waals surface area contributed by atoms with E-state index in [0.717, 1.165) is 23.5 Å². The van der Waals surface area contributed by atoms with E-state index < -0.39 is 0 Å². The lowest BCUT2D eigenvalue weighted by atomic mass is 10.1. The summed E-state index contributed by atoms with van der Waals surface area (Å²) in [5, 5.41) is 7.93. The third-order valence-corrected chi connectivity index (χ3v) is 2.93. The lowest BCUT2D eigenvalue weighted by molar-refractivity contribution is 0.174. The molecule has 0 saturated carbocycles. The fourth-order valence-corrected chi connectivity index (χ4v) is 1.96. The minimum atomic E-state index is 0.297. The van der Waals surface area contributed by atoms with Crippen LogP contribution >= 0.6 is 0 Å². The number of hydrogen-bond donors (Lipinski definition) is 1. The van der Waals surface area contributed by atoms with Gasteiger partial charge in [-0.15, -0.1) is 10.2 Å². The van der Waals surface area contributed by atoms with Crippen molar-refractivity contribution in [1.82, 2.24) is 10.2 Å². The van der Waals surface area contributed by atoms with Crippen molar-refractivity contribution < 1.29 is 13.9 Å². The highest BCUT2D eigenvalue weighted by Gasteiger charge is 2.13. The van der Waals surface area contributed by atoms with Crippen molar-refractivity contribution in [2.24, 2.45) is 5.73 Å². The highest BCUT2D eigenvalue weighted by Crippen LogP contribution is 2.32. The van der Waals surface area contributed by atoms with Crippen molar-refractivity contribution in [3.63, 3.8) is 0 Å². The van der Waals surface area contributed by atoms with Crippen LogP contribution < -0.4 is 15.2 Å². The summed E-state index contributed by atoms with van der Waals surface area (Å²) >= 11 is 0. The Morgan fingerprint density at radius 3 is 2.63 bits per heavy atom. The molecular formula is C13H15N3O3. The largest absolute Gasteiger partial charge is 0.454 e. The summed E-state index contributed by atoms with van der Waals surface area (Å²) in [6.45, 7) is 0.814. The van der Waals surface area contributed by atoms with E-state index >= 15 is 0 Å². The van der Waals surface area contributed by atoms with Gasteiger partial charge in [0.05, 0.1) is 0 Å². The number of fused-ring (bicyclic) bond motifs is 1. The molecule has 2 N–H and O–H groups in total. The number of rotatable bonds is 5. The summed E-state index contributed by atoms with van der Waals surface area (Å²) in [5.41, 5.74) is 6.59. The van der Waals surface area contributed by atoms with Crippen molar-refractivity contribution in [2.75, 3.05) is 13.3 Å². The van der Waals surface area contributed by atoms with Gasteiger partial charge in [-0.3, -0.25) is 0 Å².